The second-order valence-corrected chi connectivity index (χ2v) is 7.55. The summed E-state index contributed by atoms with van der Waals surface area (Å²) in [5.74, 6) is -0.958. The van der Waals surface area contributed by atoms with Gasteiger partial charge >= 0.3 is 19.1 Å². The second kappa shape index (κ2) is 12.0. The Morgan fingerprint density at radius 1 is 0.875 bits per heavy atom. The molecule has 1 fully saturated rings. The van der Waals surface area contributed by atoms with E-state index in [0.29, 0.717) is 30.3 Å². The lowest BCUT2D eigenvalue weighted by Crippen LogP contribution is -2.50. The summed E-state index contributed by atoms with van der Waals surface area (Å²) >= 11 is 0. The van der Waals surface area contributed by atoms with Crippen LogP contribution in [0.1, 0.15) is 27.1 Å². The molecule has 8 nitrogen and oxygen atoms in total. The first-order valence-corrected chi connectivity index (χ1v) is 10.3. The summed E-state index contributed by atoms with van der Waals surface area (Å²) < 4.78 is 27.3. The highest BCUT2D eigenvalue weighted by atomic mass is 16.6. The zero-order valence-corrected chi connectivity index (χ0v) is 17.6. The maximum atomic E-state index is 12.4. The third-order valence-corrected chi connectivity index (χ3v) is 4.96. The molecule has 0 unspecified atom stereocenters. The van der Waals surface area contributed by atoms with E-state index in [9.17, 15) is 14.4 Å². The third kappa shape index (κ3) is 6.93. The van der Waals surface area contributed by atoms with Crippen LogP contribution in [0.2, 0.25) is 6.32 Å². The first-order valence-electron chi connectivity index (χ1n) is 10.3. The predicted molar refractivity (Wildman–Crippen MR) is 115 cm³/mol. The van der Waals surface area contributed by atoms with E-state index in [1.165, 1.54) is 0 Å². The van der Waals surface area contributed by atoms with Crippen molar-refractivity contribution < 1.29 is 37.9 Å². The van der Waals surface area contributed by atoms with Gasteiger partial charge in [0.05, 0.1) is 23.1 Å². The van der Waals surface area contributed by atoms with Gasteiger partial charge in [0.15, 0.2) is 0 Å². The number of esters is 2. The van der Waals surface area contributed by atoms with Crippen LogP contribution >= 0.6 is 0 Å². The quantitative estimate of drug-likeness (QED) is 0.173. The molecule has 1 saturated heterocycles. The minimum absolute atomic E-state index is 0.0379. The van der Waals surface area contributed by atoms with E-state index in [1.54, 1.807) is 48.5 Å². The van der Waals surface area contributed by atoms with Gasteiger partial charge in [0.2, 0.25) is 0 Å². The van der Waals surface area contributed by atoms with Crippen LogP contribution in [0.3, 0.4) is 0 Å². The SMILES string of the molecule is O=COCCCB1OCC(COC(=O)c2ccccc2)(COC(=O)c2ccccc2)CO1. The van der Waals surface area contributed by atoms with Crippen LogP contribution in [-0.2, 0) is 28.3 Å². The summed E-state index contributed by atoms with van der Waals surface area (Å²) in [6, 6.07) is 17.3. The van der Waals surface area contributed by atoms with Gasteiger partial charge < -0.3 is 23.5 Å². The summed E-state index contributed by atoms with van der Waals surface area (Å²) in [6.07, 6.45) is 1.12. The lowest BCUT2D eigenvalue weighted by Gasteiger charge is -2.38. The zero-order valence-electron chi connectivity index (χ0n) is 17.6. The van der Waals surface area contributed by atoms with Crippen molar-refractivity contribution in [2.75, 3.05) is 33.0 Å². The Balaban J connectivity index is 1.59. The zero-order chi connectivity index (χ0) is 22.7. The molecular formula is C23H25BO8. The average Bonchev–Trinajstić information content (AvgIpc) is 2.86. The highest BCUT2D eigenvalue weighted by Crippen LogP contribution is 2.27. The van der Waals surface area contributed by atoms with Crippen LogP contribution in [0.25, 0.3) is 0 Å². The van der Waals surface area contributed by atoms with Crippen molar-refractivity contribution in [3.63, 3.8) is 0 Å². The van der Waals surface area contributed by atoms with E-state index in [2.05, 4.69) is 4.74 Å². The molecule has 2 aromatic carbocycles. The van der Waals surface area contributed by atoms with Crippen molar-refractivity contribution in [2.24, 2.45) is 5.41 Å². The van der Waals surface area contributed by atoms with Crippen molar-refractivity contribution in [2.45, 2.75) is 12.7 Å². The van der Waals surface area contributed by atoms with Gasteiger partial charge in [-0.25, -0.2) is 9.59 Å². The summed E-state index contributed by atoms with van der Waals surface area (Å²) in [4.78, 5) is 35.0. The van der Waals surface area contributed by atoms with Gasteiger partial charge in [0.25, 0.3) is 6.47 Å². The topological polar surface area (TPSA) is 97.4 Å². The van der Waals surface area contributed by atoms with E-state index in [-0.39, 0.29) is 33.0 Å². The van der Waals surface area contributed by atoms with Crippen molar-refractivity contribution in [3.05, 3.63) is 71.8 Å². The third-order valence-electron chi connectivity index (χ3n) is 4.96. The molecule has 9 heteroatoms. The van der Waals surface area contributed by atoms with E-state index in [4.69, 9.17) is 18.8 Å². The monoisotopic (exact) mass is 440 g/mol. The maximum absolute atomic E-state index is 12.4. The van der Waals surface area contributed by atoms with E-state index < -0.39 is 24.5 Å². The van der Waals surface area contributed by atoms with E-state index >= 15 is 0 Å². The number of benzene rings is 2. The molecule has 0 saturated carbocycles. The smallest absolute Gasteiger partial charge is 0.457 e. The normalized spacial score (nSPS) is 14.9. The molecule has 0 N–H and O–H groups in total. The molecule has 0 amide bonds. The standard InChI is InChI=1S/C23H25BO8/c25-18-28-13-7-12-24-31-16-23(17-32-24,14-29-21(26)19-8-3-1-4-9-19)15-30-22(27)20-10-5-2-6-11-20/h1-6,8-11,18H,7,12-17H2. The Bertz CT molecular complexity index is 809. The van der Waals surface area contributed by atoms with Crippen LogP contribution in [0.5, 0.6) is 0 Å². The fourth-order valence-corrected chi connectivity index (χ4v) is 3.14. The average molecular weight is 440 g/mol. The molecule has 0 radical (unpaired) electrons. The van der Waals surface area contributed by atoms with Crippen LogP contribution in [0.15, 0.2) is 60.7 Å². The molecule has 0 bridgehead atoms. The Hall–Kier alpha value is -3.17. The number of hydrogen-bond donors (Lipinski definition) is 0. The first kappa shape index (κ1) is 23.5. The van der Waals surface area contributed by atoms with Crippen LogP contribution in [0.4, 0.5) is 0 Å². The number of carbonyl (C=O) groups is 3. The van der Waals surface area contributed by atoms with Gasteiger partial charge in [-0.05, 0) is 37.0 Å². The number of ether oxygens (including phenoxy) is 3. The molecule has 2 aromatic rings. The molecule has 1 aliphatic heterocycles. The second-order valence-electron chi connectivity index (χ2n) is 7.55. The van der Waals surface area contributed by atoms with Crippen molar-refractivity contribution >= 4 is 25.5 Å². The number of carbonyl (C=O) groups excluding carboxylic acids is 3. The molecule has 0 spiro atoms. The summed E-state index contributed by atoms with van der Waals surface area (Å²) in [5, 5.41) is 0. The van der Waals surface area contributed by atoms with Gasteiger partial charge in [-0.1, -0.05) is 36.4 Å². The highest BCUT2D eigenvalue weighted by molar-refractivity contribution is 6.44. The Morgan fingerprint density at radius 2 is 1.38 bits per heavy atom. The molecule has 0 aliphatic carbocycles. The summed E-state index contributed by atoms with van der Waals surface area (Å²) in [5.41, 5.74) is 0.00859. The van der Waals surface area contributed by atoms with Gasteiger partial charge in [0.1, 0.15) is 13.2 Å². The minimum atomic E-state index is -0.843. The first-order chi connectivity index (χ1) is 15.6. The van der Waals surface area contributed by atoms with E-state index in [1.807, 2.05) is 12.1 Å². The lowest BCUT2D eigenvalue weighted by molar-refractivity contribution is -0.128. The lowest BCUT2D eigenvalue weighted by atomic mass is 9.78. The van der Waals surface area contributed by atoms with Crippen LogP contribution in [-0.4, -0.2) is 58.6 Å². The molecule has 1 aliphatic rings. The summed E-state index contributed by atoms with van der Waals surface area (Å²) in [6.45, 7) is 0.956. The van der Waals surface area contributed by atoms with Gasteiger partial charge in [-0.2, -0.15) is 0 Å². The molecule has 0 aromatic heterocycles. The van der Waals surface area contributed by atoms with Gasteiger partial charge in [-0.3, -0.25) is 4.79 Å². The van der Waals surface area contributed by atoms with Crippen LogP contribution in [0, 0.1) is 5.41 Å². The molecule has 3 rings (SSSR count). The molecule has 168 valence electrons. The fourth-order valence-electron chi connectivity index (χ4n) is 3.14. The van der Waals surface area contributed by atoms with Crippen LogP contribution < -0.4 is 0 Å². The molecule has 1 heterocycles. The van der Waals surface area contributed by atoms with Crippen molar-refractivity contribution in [1.82, 2.24) is 0 Å². The Kier molecular flexibility index (Phi) is 8.83. The molecular weight excluding hydrogens is 415 g/mol. The molecule has 32 heavy (non-hydrogen) atoms. The number of hydrogen-bond acceptors (Lipinski definition) is 8. The highest BCUT2D eigenvalue weighted by Gasteiger charge is 2.41. The van der Waals surface area contributed by atoms with Crippen molar-refractivity contribution in [3.8, 4) is 0 Å². The largest absolute Gasteiger partial charge is 0.468 e. The predicted octanol–water partition coefficient (Wildman–Crippen LogP) is 2.78. The maximum Gasteiger partial charge on any atom is 0.457 e. The minimum Gasteiger partial charge on any atom is -0.468 e. The Labute approximate surface area is 186 Å². The Morgan fingerprint density at radius 3 is 1.84 bits per heavy atom. The number of rotatable bonds is 11. The van der Waals surface area contributed by atoms with Crippen molar-refractivity contribution in [1.29, 1.82) is 0 Å². The van der Waals surface area contributed by atoms with Gasteiger partial charge in [0, 0.05) is 13.2 Å². The molecule has 0 atom stereocenters. The summed E-state index contributed by atoms with van der Waals surface area (Å²) in [7, 11) is -0.479. The van der Waals surface area contributed by atoms with E-state index in [0.717, 1.165) is 0 Å². The van der Waals surface area contributed by atoms with Gasteiger partial charge in [-0.15, -0.1) is 0 Å². The fraction of sp³-hybridized carbons (Fsp3) is 0.348.